The van der Waals surface area contributed by atoms with Crippen LogP contribution in [0, 0.1) is 0 Å². The van der Waals surface area contributed by atoms with E-state index < -0.39 is 0 Å². The summed E-state index contributed by atoms with van der Waals surface area (Å²) in [5, 5.41) is 1.23. The number of unbranched alkanes of at least 4 members (excludes halogenated alkanes) is 1. The van der Waals surface area contributed by atoms with Crippen LogP contribution in [0.4, 0.5) is 5.69 Å². The lowest BCUT2D eigenvalue weighted by atomic mass is 10.1. The summed E-state index contributed by atoms with van der Waals surface area (Å²) in [5.41, 5.74) is 11.6. The minimum absolute atomic E-state index is 1.02. The Bertz CT molecular complexity index is 587. The highest BCUT2D eigenvalue weighted by atomic mass is 15.0. The largest absolute Gasteiger partial charge is 0.398 e. The van der Waals surface area contributed by atoms with E-state index in [0.717, 1.165) is 18.7 Å². The van der Waals surface area contributed by atoms with E-state index in [0.29, 0.717) is 0 Å². The number of hydrogen-bond acceptors (Lipinski definition) is 1. The van der Waals surface area contributed by atoms with Crippen LogP contribution in [0.1, 0.15) is 37.4 Å². The average Bonchev–Trinajstić information content (AvgIpc) is 2.88. The predicted octanol–water partition coefficient (Wildman–Crippen LogP) is 3.00. The lowest BCUT2D eigenvalue weighted by Gasteiger charge is -2.10. The standard InChI is InChI=1S/C16H20N2/c1-2-3-11-18-14-9-5-4-7-12(14)16(17)13-8-6-10-15(13)18/h4-5,7,9,17H,2-3,6,8,10-11H2,1H3/p+1. The Morgan fingerprint density at radius 3 is 2.89 bits per heavy atom. The van der Waals surface area contributed by atoms with Crippen LogP contribution in [0.3, 0.4) is 0 Å². The maximum absolute atomic E-state index is 6.35. The summed E-state index contributed by atoms with van der Waals surface area (Å²) >= 11 is 0. The van der Waals surface area contributed by atoms with Gasteiger partial charge >= 0.3 is 0 Å². The molecule has 0 atom stereocenters. The van der Waals surface area contributed by atoms with Gasteiger partial charge in [-0.2, -0.15) is 4.57 Å². The van der Waals surface area contributed by atoms with Crippen LogP contribution in [0.15, 0.2) is 24.3 Å². The fourth-order valence-corrected chi connectivity index (χ4v) is 3.13. The zero-order valence-electron chi connectivity index (χ0n) is 11.1. The highest BCUT2D eigenvalue weighted by Crippen LogP contribution is 2.30. The number of nitrogen functional groups attached to an aromatic ring is 1. The number of para-hydroxylation sites is 1. The molecule has 0 amide bonds. The predicted molar refractivity (Wildman–Crippen MR) is 75.5 cm³/mol. The highest BCUT2D eigenvalue weighted by Gasteiger charge is 2.27. The summed E-state index contributed by atoms with van der Waals surface area (Å²) in [6.45, 7) is 3.37. The molecule has 18 heavy (non-hydrogen) atoms. The first-order chi connectivity index (χ1) is 8.83. The van der Waals surface area contributed by atoms with Gasteiger partial charge in [0.05, 0.1) is 11.1 Å². The number of rotatable bonds is 3. The van der Waals surface area contributed by atoms with Crippen molar-refractivity contribution in [2.75, 3.05) is 5.73 Å². The van der Waals surface area contributed by atoms with Crippen molar-refractivity contribution < 1.29 is 4.57 Å². The number of anilines is 1. The maximum atomic E-state index is 6.35. The molecule has 0 saturated carbocycles. The molecule has 2 aromatic rings. The number of benzene rings is 1. The Hall–Kier alpha value is -1.57. The summed E-state index contributed by atoms with van der Waals surface area (Å²) in [7, 11) is 0. The molecule has 1 aliphatic carbocycles. The van der Waals surface area contributed by atoms with Gasteiger partial charge in [-0.15, -0.1) is 0 Å². The fraction of sp³-hybridized carbons (Fsp3) is 0.438. The van der Waals surface area contributed by atoms with Crippen molar-refractivity contribution in [2.45, 2.75) is 45.6 Å². The first kappa shape index (κ1) is 11.5. The second-order valence-electron chi connectivity index (χ2n) is 5.21. The molecule has 1 aromatic carbocycles. The van der Waals surface area contributed by atoms with Crippen LogP contribution in [-0.4, -0.2) is 0 Å². The molecular formula is C16H21N2+. The summed E-state index contributed by atoms with van der Waals surface area (Å²) in [4.78, 5) is 0. The summed E-state index contributed by atoms with van der Waals surface area (Å²) < 4.78 is 2.51. The number of nitrogens with zero attached hydrogens (tertiary/aromatic N) is 1. The molecule has 0 radical (unpaired) electrons. The van der Waals surface area contributed by atoms with Gasteiger partial charge in [0.1, 0.15) is 6.54 Å². The van der Waals surface area contributed by atoms with E-state index in [1.165, 1.54) is 47.8 Å². The zero-order chi connectivity index (χ0) is 12.5. The first-order valence-electron chi connectivity index (χ1n) is 7.04. The summed E-state index contributed by atoms with van der Waals surface area (Å²) in [6, 6.07) is 8.57. The second-order valence-corrected chi connectivity index (χ2v) is 5.21. The molecule has 3 rings (SSSR count). The van der Waals surface area contributed by atoms with Crippen molar-refractivity contribution >= 4 is 16.6 Å². The second kappa shape index (κ2) is 4.60. The van der Waals surface area contributed by atoms with Crippen LogP contribution < -0.4 is 10.3 Å². The minimum atomic E-state index is 1.02. The number of aromatic nitrogens is 1. The van der Waals surface area contributed by atoms with Gasteiger partial charge in [0.15, 0.2) is 5.69 Å². The lowest BCUT2D eigenvalue weighted by molar-refractivity contribution is -0.678. The molecule has 2 heteroatoms. The van der Waals surface area contributed by atoms with Crippen LogP contribution in [0.2, 0.25) is 0 Å². The van der Waals surface area contributed by atoms with Gasteiger partial charge in [0, 0.05) is 24.5 Å². The third-order valence-corrected chi connectivity index (χ3v) is 4.06. The van der Waals surface area contributed by atoms with E-state index in [1.807, 2.05) is 0 Å². The number of nitrogens with two attached hydrogens (primary N) is 1. The quantitative estimate of drug-likeness (QED) is 0.823. The average molecular weight is 241 g/mol. The molecule has 94 valence electrons. The highest BCUT2D eigenvalue weighted by molar-refractivity contribution is 5.90. The zero-order valence-corrected chi connectivity index (χ0v) is 11.1. The van der Waals surface area contributed by atoms with E-state index in [4.69, 9.17) is 5.73 Å². The third-order valence-electron chi connectivity index (χ3n) is 4.06. The minimum Gasteiger partial charge on any atom is -0.398 e. The number of hydrogen-bond donors (Lipinski definition) is 1. The summed E-state index contributed by atoms with van der Waals surface area (Å²) in [6.07, 6.45) is 6.07. The molecule has 1 aromatic heterocycles. The van der Waals surface area contributed by atoms with Crippen molar-refractivity contribution in [1.82, 2.24) is 0 Å². The molecule has 1 heterocycles. The molecule has 1 aliphatic rings. The Labute approximate surface area is 108 Å². The Kier molecular flexibility index (Phi) is 2.94. The molecule has 0 saturated heterocycles. The van der Waals surface area contributed by atoms with Gasteiger partial charge in [-0.25, -0.2) is 0 Å². The van der Waals surface area contributed by atoms with Crippen LogP contribution >= 0.6 is 0 Å². The van der Waals surface area contributed by atoms with Gasteiger partial charge < -0.3 is 5.73 Å². The molecule has 0 spiro atoms. The van der Waals surface area contributed by atoms with E-state index in [2.05, 4.69) is 35.8 Å². The number of pyridine rings is 1. The molecule has 0 aliphatic heterocycles. The van der Waals surface area contributed by atoms with Crippen LogP contribution in [-0.2, 0) is 19.4 Å². The van der Waals surface area contributed by atoms with E-state index >= 15 is 0 Å². The normalized spacial score (nSPS) is 14.1. The molecule has 0 fully saturated rings. The van der Waals surface area contributed by atoms with Crippen LogP contribution in [0.5, 0.6) is 0 Å². The van der Waals surface area contributed by atoms with Gasteiger partial charge in [-0.1, -0.05) is 25.5 Å². The SMILES string of the molecule is CCCC[n+]1c2c(c(N)c3ccccc31)CCC2. The maximum Gasteiger partial charge on any atom is 0.214 e. The monoisotopic (exact) mass is 241 g/mol. The fourth-order valence-electron chi connectivity index (χ4n) is 3.13. The van der Waals surface area contributed by atoms with Crippen LogP contribution in [0.25, 0.3) is 10.9 Å². The Morgan fingerprint density at radius 2 is 2.06 bits per heavy atom. The topological polar surface area (TPSA) is 29.9 Å². The lowest BCUT2D eigenvalue weighted by Crippen LogP contribution is -2.39. The van der Waals surface area contributed by atoms with Gasteiger partial charge in [0.2, 0.25) is 5.52 Å². The molecule has 0 bridgehead atoms. The smallest absolute Gasteiger partial charge is 0.214 e. The molecular weight excluding hydrogens is 220 g/mol. The van der Waals surface area contributed by atoms with Gasteiger partial charge in [-0.05, 0) is 18.9 Å². The Morgan fingerprint density at radius 1 is 1.22 bits per heavy atom. The van der Waals surface area contributed by atoms with Crippen molar-refractivity contribution in [1.29, 1.82) is 0 Å². The first-order valence-corrected chi connectivity index (χ1v) is 7.04. The molecule has 2 nitrogen and oxygen atoms in total. The molecule has 0 unspecified atom stereocenters. The van der Waals surface area contributed by atoms with Crippen molar-refractivity contribution in [3.8, 4) is 0 Å². The van der Waals surface area contributed by atoms with Crippen molar-refractivity contribution in [3.63, 3.8) is 0 Å². The van der Waals surface area contributed by atoms with Crippen molar-refractivity contribution in [2.24, 2.45) is 0 Å². The van der Waals surface area contributed by atoms with Gasteiger partial charge in [-0.3, -0.25) is 0 Å². The number of fused-ring (bicyclic) bond motifs is 2. The van der Waals surface area contributed by atoms with Crippen molar-refractivity contribution in [3.05, 3.63) is 35.5 Å². The summed E-state index contributed by atoms with van der Waals surface area (Å²) in [5.74, 6) is 0. The van der Waals surface area contributed by atoms with Gasteiger partial charge in [0.25, 0.3) is 0 Å². The third kappa shape index (κ3) is 1.67. The number of aryl methyl sites for hydroxylation is 1. The Balaban J connectivity index is 2.27. The van der Waals surface area contributed by atoms with E-state index in [-0.39, 0.29) is 0 Å². The molecule has 2 N–H and O–H groups in total. The van der Waals surface area contributed by atoms with E-state index in [9.17, 15) is 0 Å². The van der Waals surface area contributed by atoms with E-state index in [1.54, 1.807) is 0 Å².